The van der Waals surface area contributed by atoms with Crippen LogP contribution in [0.15, 0.2) is 121 Å². The van der Waals surface area contributed by atoms with Crippen LogP contribution >= 0.6 is 0 Å². The first-order chi connectivity index (χ1) is 36.3. The summed E-state index contributed by atoms with van der Waals surface area (Å²) in [5, 5.41) is 2.83. The molecule has 0 aliphatic rings. The molecule has 0 fully saturated rings. The molecule has 20 heteroatoms. The van der Waals surface area contributed by atoms with Gasteiger partial charge in [-0.15, -0.1) is 38.2 Å². The first-order valence-corrected chi connectivity index (χ1v) is 23.6. The van der Waals surface area contributed by atoms with Crippen LogP contribution in [0.5, 0.6) is 0 Å². The molecule has 0 spiro atoms. The predicted octanol–water partition coefficient (Wildman–Crippen LogP) is -5.78. The van der Waals surface area contributed by atoms with Crippen molar-refractivity contribution < 1.29 is 0 Å². The number of rotatable bonds is 7. The summed E-state index contributed by atoms with van der Waals surface area (Å²) in [6, 6.07) is 39.7. The number of hydrogen-bond acceptors (Lipinski definition) is 2. The molecular weight excluding hydrogens is 898 g/mol. The molecule has 0 saturated heterocycles. The Labute approximate surface area is 464 Å². The molecule has 11 rings (SSSR count). The van der Waals surface area contributed by atoms with E-state index in [4.69, 9.17) is 143 Å². The van der Waals surface area contributed by atoms with Crippen LogP contribution in [-0.4, -0.2) is 148 Å². The summed E-state index contributed by atoms with van der Waals surface area (Å²) >= 11 is 0. The summed E-state index contributed by atoms with van der Waals surface area (Å²) in [5.41, 5.74) is 10.2. The lowest BCUT2D eigenvalue weighted by atomic mass is 9.56. The van der Waals surface area contributed by atoms with E-state index in [1.807, 2.05) is 89.5 Å². The van der Waals surface area contributed by atoms with Gasteiger partial charge in [0.15, 0.2) is 5.82 Å². The zero-order valence-electron chi connectivity index (χ0n) is 40.7. The number of hydrogen-bond donors (Lipinski definition) is 0. The van der Waals surface area contributed by atoms with E-state index in [1.165, 1.54) is 0 Å². The highest BCUT2D eigenvalue weighted by Crippen LogP contribution is 2.38. The first-order valence-electron chi connectivity index (χ1n) is 23.6. The van der Waals surface area contributed by atoms with Gasteiger partial charge in [0.1, 0.15) is 133 Å². The monoisotopic (exact) mass is 921 g/mol. The zero-order chi connectivity index (χ0) is 53.9. The van der Waals surface area contributed by atoms with Gasteiger partial charge in [-0.05, 0) is 78.7 Å². The quantitative estimate of drug-likeness (QED) is 0.150. The molecule has 0 aliphatic carbocycles. The van der Waals surface area contributed by atoms with E-state index in [9.17, 15) is 0 Å². The van der Waals surface area contributed by atoms with Crippen molar-refractivity contribution in [2.24, 2.45) is 0 Å². The Balaban J connectivity index is 0.989. The van der Waals surface area contributed by atoms with Gasteiger partial charge in [0.25, 0.3) is 0 Å². The van der Waals surface area contributed by atoms with E-state index in [0.29, 0.717) is 44.7 Å². The summed E-state index contributed by atoms with van der Waals surface area (Å²) in [7, 11) is 111. The second-order valence-corrected chi connectivity index (χ2v) is 18.6. The number of nitrogens with zero attached hydrogens (tertiary/aromatic N) is 3. The van der Waals surface area contributed by atoms with Crippen LogP contribution in [0.25, 0.3) is 106 Å². The van der Waals surface area contributed by atoms with Crippen molar-refractivity contribution in [3.05, 3.63) is 121 Å². The molecule has 310 valence electrons. The minimum atomic E-state index is 0.0134. The molecule has 0 aliphatic heterocycles. The maximum absolute atomic E-state index is 6.91. The number of benzene rings is 9. The Morgan fingerprint density at radius 1 is 0.276 bits per heavy atom. The van der Waals surface area contributed by atoms with Crippen molar-refractivity contribution in [2.45, 2.75) is 0 Å². The predicted molar refractivity (Wildman–Crippen MR) is 338 cm³/mol. The zero-order valence-corrected chi connectivity index (χ0v) is 40.7. The smallest absolute Gasteiger partial charge is 0.160 e. The summed E-state index contributed by atoms with van der Waals surface area (Å²) < 4.78 is 1.83. The number of fused-ring (bicyclic) bond motifs is 4. The van der Waals surface area contributed by atoms with Crippen LogP contribution in [0.1, 0.15) is 0 Å². The highest BCUT2D eigenvalue weighted by molar-refractivity contribution is 6.73. The van der Waals surface area contributed by atoms with Gasteiger partial charge in [0.05, 0.1) is 11.4 Å². The lowest BCUT2D eigenvalue weighted by molar-refractivity contribution is 1.19. The molecule has 0 saturated carbocycles. The SMILES string of the molecule is [B]c1c([B])c([B])c(-c2c([B])c([B])c(-c3cc(-c4ccc(-c5ccc(-c6ccc(-n7c8c([B])c([B])c([B])c([B])c8c8c([B])c([B])c([B])c([B])c87)cc6)cc5)c5ccccc45)nc(-c4ccccc4)n3)c([B])c2[B])c([B])c1[B]. The largest absolute Gasteiger partial charge is 0.311 e. The van der Waals surface area contributed by atoms with Crippen LogP contribution in [0.4, 0.5) is 0 Å². The van der Waals surface area contributed by atoms with Crippen molar-refractivity contribution in [2.75, 3.05) is 0 Å². The van der Waals surface area contributed by atoms with Crippen LogP contribution in [0.2, 0.25) is 0 Å². The summed E-state index contributed by atoms with van der Waals surface area (Å²) in [6.07, 6.45) is 0. The van der Waals surface area contributed by atoms with Gasteiger partial charge in [-0.25, -0.2) is 9.97 Å². The van der Waals surface area contributed by atoms with Crippen molar-refractivity contribution in [3.8, 4) is 73.0 Å². The molecule has 34 radical (unpaired) electrons. The third kappa shape index (κ3) is 7.90. The van der Waals surface area contributed by atoms with E-state index in [-0.39, 0.29) is 110 Å². The number of aromatic nitrogens is 3. The molecule has 0 N–H and O–H groups in total. The van der Waals surface area contributed by atoms with Crippen LogP contribution in [0.3, 0.4) is 0 Å². The van der Waals surface area contributed by atoms with Gasteiger partial charge in [-0.2, -0.15) is 0 Å². The van der Waals surface area contributed by atoms with Gasteiger partial charge >= 0.3 is 0 Å². The van der Waals surface area contributed by atoms with Crippen molar-refractivity contribution in [1.29, 1.82) is 0 Å². The lowest BCUT2D eigenvalue weighted by Gasteiger charge is -2.28. The Hall–Kier alpha value is -6.78. The van der Waals surface area contributed by atoms with Crippen LogP contribution < -0.4 is 92.9 Å². The average Bonchev–Trinajstić information content (AvgIpc) is 3.99. The molecule has 3 nitrogen and oxygen atoms in total. The molecule has 2 aromatic heterocycles. The molecule has 11 aromatic rings. The summed E-state index contributed by atoms with van der Waals surface area (Å²) in [4.78, 5) is 10.1. The van der Waals surface area contributed by atoms with Gasteiger partial charge in [0.2, 0.25) is 0 Å². The second kappa shape index (κ2) is 19.4. The van der Waals surface area contributed by atoms with Crippen molar-refractivity contribution in [1.82, 2.24) is 14.5 Å². The van der Waals surface area contributed by atoms with Crippen LogP contribution in [0, 0.1) is 0 Å². The lowest BCUT2D eigenvalue weighted by Crippen LogP contribution is -2.57. The molecule has 2 heterocycles. The maximum Gasteiger partial charge on any atom is 0.160 e. The fraction of sp³-hybridized carbons (Fsp3) is 0. The van der Waals surface area contributed by atoms with Gasteiger partial charge in [-0.3, -0.25) is 0 Å². The maximum atomic E-state index is 6.91. The van der Waals surface area contributed by atoms with Crippen LogP contribution in [-0.2, 0) is 0 Å². The normalized spacial score (nSPS) is 11.5. The minimum Gasteiger partial charge on any atom is -0.311 e. The fourth-order valence-electron chi connectivity index (χ4n) is 10.3. The molecule has 76 heavy (non-hydrogen) atoms. The topological polar surface area (TPSA) is 30.7 Å². The summed E-state index contributed by atoms with van der Waals surface area (Å²) in [5.74, 6) is 0.403. The molecule has 0 atom stereocenters. The highest BCUT2D eigenvalue weighted by Gasteiger charge is 2.25. The van der Waals surface area contributed by atoms with E-state index in [0.717, 1.165) is 44.2 Å². The van der Waals surface area contributed by atoms with Crippen molar-refractivity contribution in [3.63, 3.8) is 0 Å². The van der Waals surface area contributed by atoms with Gasteiger partial charge in [-0.1, -0.05) is 158 Å². The second-order valence-electron chi connectivity index (χ2n) is 18.6. The highest BCUT2D eigenvalue weighted by atomic mass is 15.0. The Morgan fingerprint density at radius 3 is 1.16 bits per heavy atom. The molecule has 9 aromatic carbocycles. The average molecular weight is 919 g/mol. The molecular formula is C56H20B17N3. The molecule has 0 unspecified atom stereocenters. The molecule has 0 amide bonds. The van der Waals surface area contributed by atoms with E-state index >= 15 is 0 Å². The third-order valence-electron chi connectivity index (χ3n) is 14.4. The molecule has 0 bridgehead atoms. The Morgan fingerprint density at radius 2 is 0.645 bits per heavy atom. The Bertz CT molecular complexity index is 4160. The van der Waals surface area contributed by atoms with E-state index in [1.54, 1.807) is 0 Å². The van der Waals surface area contributed by atoms with Crippen molar-refractivity contribution >= 4 is 259 Å². The minimum absolute atomic E-state index is 0.0134. The first kappa shape index (κ1) is 51.3. The van der Waals surface area contributed by atoms with E-state index in [2.05, 4.69) is 36.4 Å². The Kier molecular flexibility index (Phi) is 13.1. The fourth-order valence-corrected chi connectivity index (χ4v) is 10.3. The van der Waals surface area contributed by atoms with Gasteiger partial charge in [0, 0.05) is 27.8 Å². The standard InChI is InChI=1S/C56H20B17N3/c57-37-32(38(58)40(60)33(39(37)59)34-41(61)45(65)49(69)46(66)42(34)62)31-20-30(74-56(75-31)24-6-2-1-3-7-24)29-19-18-26(27-8-4-5-9-28(27)29)23-12-10-21(11-13-23)22-14-16-25(17-15-22)76-54-35(43(63)47(67)50(70)52(54)72)36-44(64)48(68)51(71)53(73)55(36)76/h1-20H. The third-order valence-corrected chi connectivity index (χ3v) is 14.4. The van der Waals surface area contributed by atoms with E-state index < -0.39 is 0 Å². The summed E-state index contributed by atoms with van der Waals surface area (Å²) in [6.45, 7) is 0. The van der Waals surface area contributed by atoms with Gasteiger partial charge < -0.3 is 4.57 Å².